The Morgan fingerprint density at radius 1 is 1.24 bits per heavy atom. The summed E-state index contributed by atoms with van der Waals surface area (Å²) in [5, 5.41) is 13.7. The first-order valence-electron chi connectivity index (χ1n) is 6.72. The van der Waals surface area contributed by atoms with Gasteiger partial charge in [0.1, 0.15) is 0 Å². The number of halogens is 1. The van der Waals surface area contributed by atoms with Crippen molar-refractivity contribution < 1.29 is 14.7 Å². The average Bonchev–Trinajstić information content (AvgIpc) is 3.25. The molecule has 2 N–H and O–H groups in total. The highest BCUT2D eigenvalue weighted by Gasteiger charge is 2.50. The lowest BCUT2D eigenvalue weighted by Gasteiger charge is -2.12. The number of fused-ring (bicyclic) bond motifs is 1. The zero-order chi connectivity index (χ0) is 15.0. The number of carboxylic acid groups (broad SMARTS) is 1. The molecule has 21 heavy (non-hydrogen) atoms. The Hall–Kier alpha value is -1.88. The molecule has 0 heterocycles. The van der Waals surface area contributed by atoms with Gasteiger partial charge in [-0.1, -0.05) is 40.2 Å². The minimum Gasteiger partial charge on any atom is -0.481 e. The van der Waals surface area contributed by atoms with E-state index in [0.29, 0.717) is 18.4 Å². The molecule has 1 saturated carbocycles. The van der Waals surface area contributed by atoms with Gasteiger partial charge in [0.2, 0.25) is 0 Å². The van der Waals surface area contributed by atoms with Crippen molar-refractivity contribution in [3.8, 4) is 0 Å². The van der Waals surface area contributed by atoms with Crippen LogP contribution in [0.3, 0.4) is 0 Å². The van der Waals surface area contributed by atoms with Crippen LogP contribution in [0.15, 0.2) is 40.9 Å². The summed E-state index contributed by atoms with van der Waals surface area (Å²) < 4.78 is 0.825. The number of nitrogens with one attached hydrogen (secondary N) is 1. The molecule has 0 aliphatic heterocycles. The average molecular weight is 348 g/mol. The number of hydrogen-bond acceptors (Lipinski definition) is 2. The molecule has 0 bridgehead atoms. The van der Waals surface area contributed by atoms with E-state index in [1.807, 2.05) is 30.3 Å². The molecule has 1 amide bonds. The summed E-state index contributed by atoms with van der Waals surface area (Å²) in [6.45, 7) is 0.183. The largest absolute Gasteiger partial charge is 0.481 e. The molecule has 1 aliphatic carbocycles. The molecule has 5 heteroatoms. The topological polar surface area (TPSA) is 66.4 Å². The number of rotatable bonds is 4. The van der Waals surface area contributed by atoms with E-state index in [4.69, 9.17) is 5.11 Å². The van der Waals surface area contributed by atoms with E-state index in [0.717, 1.165) is 15.2 Å². The van der Waals surface area contributed by atoms with E-state index in [1.54, 1.807) is 6.07 Å². The Morgan fingerprint density at radius 3 is 2.62 bits per heavy atom. The lowest BCUT2D eigenvalue weighted by molar-refractivity contribution is -0.143. The third kappa shape index (κ3) is 2.65. The third-order valence-corrected chi connectivity index (χ3v) is 4.42. The third-order valence-electron chi connectivity index (χ3n) is 3.97. The molecule has 0 radical (unpaired) electrons. The monoisotopic (exact) mass is 347 g/mol. The highest BCUT2D eigenvalue weighted by Crippen LogP contribution is 2.45. The first kappa shape index (κ1) is 14.1. The van der Waals surface area contributed by atoms with E-state index in [-0.39, 0.29) is 12.5 Å². The number of hydrogen-bond donors (Lipinski definition) is 2. The molecule has 1 aliphatic rings. The van der Waals surface area contributed by atoms with Gasteiger partial charge >= 0.3 is 5.97 Å². The molecule has 0 unspecified atom stereocenters. The Labute approximate surface area is 130 Å². The summed E-state index contributed by atoms with van der Waals surface area (Å²) in [4.78, 5) is 23.5. The van der Waals surface area contributed by atoms with Gasteiger partial charge in [-0.2, -0.15) is 0 Å². The summed E-state index contributed by atoms with van der Waals surface area (Å²) in [5.74, 6) is -1.07. The second-order valence-corrected chi connectivity index (χ2v) is 6.36. The summed E-state index contributed by atoms with van der Waals surface area (Å²) in [5.41, 5.74) is -0.196. The zero-order valence-electron chi connectivity index (χ0n) is 11.2. The molecule has 4 nitrogen and oxygen atoms in total. The first-order valence-corrected chi connectivity index (χ1v) is 7.51. The van der Waals surface area contributed by atoms with Crippen molar-refractivity contribution in [2.45, 2.75) is 12.8 Å². The molecule has 0 atom stereocenters. The Morgan fingerprint density at radius 2 is 1.95 bits per heavy atom. The van der Waals surface area contributed by atoms with E-state index >= 15 is 0 Å². The van der Waals surface area contributed by atoms with Crippen LogP contribution in [0.25, 0.3) is 10.8 Å². The normalized spacial score (nSPS) is 15.7. The Balaban J connectivity index is 1.86. The Bertz CT molecular complexity index is 737. The summed E-state index contributed by atoms with van der Waals surface area (Å²) in [6.07, 6.45) is 1.25. The SMILES string of the molecule is O=C(NCC1(C(=O)O)CC1)c1cc(Br)cc2ccccc12. The number of aliphatic carboxylic acids is 1. The van der Waals surface area contributed by atoms with Crippen LogP contribution < -0.4 is 5.32 Å². The van der Waals surface area contributed by atoms with Crippen LogP contribution in [0.5, 0.6) is 0 Å². The lowest BCUT2D eigenvalue weighted by Crippen LogP contribution is -2.34. The van der Waals surface area contributed by atoms with Gasteiger partial charge in [-0.15, -0.1) is 0 Å². The summed E-state index contributed by atoms with van der Waals surface area (Å²) >= 11 is 3.40. The van der Waals surface area contributed by atoms with Gasteiger partial charge in [0.25, 0.3) is 5.91 Å². The van der Waals surface area contributed by atoms with Crippen LogP contribution >= 0.6 is 15.9 Å². The van der Waals surface area contributed by atoms with E-state index in [1.165, 1.54) is 0 Å². The van der Waals surface area contributed by atoms with Crippen LogP contribution in [-0.4, -0.2) is 23.5 Å². The van der Waals surface area contributed by atoms with Crippen LogP contribution in [0.4, 0.5) is 0 Å². The Kier molecular flexibility index (Phi) is 3.45. The molecule has 0 aromatic heterocycles. The maximum Gasteiger partial charge on any atom is 0.311 e. The predicted molar refractivity (Wildman–Crippen MR) is 83.3 cm³/mol. The lowest BCUT2D eigenvalue weighted by atomic mass is 10.0. The molecule has 0 spiro atoms. The standard InChI is InChI=1S/C16H14BrNO3/c17-11-7-10-3-1-2-4-12(10)13(8-11)14(19)18-9-16(5-6-16)15(20)21/h1-4,7-8H,5-6,9H2,(H,18,19)(H,20,21). The highest BCUT2D eigenvalue weighted by molar-refractivity contribution is 9.10. The summed E-state index contributed by atoms with van der Waals surface area (Å²) in [7, 11) is 0. The van der Waals surface area contributed by atoms with Crippen molar-refractivity contribution in [3.05, 3.63) is 46.4 Å². The number of benzene rings is 2. The molecular weight excluding hydrogens is 334 g/mol. The van der Waals surface area contributed by atoms with Gasteiger partial charge in [-0.05, 0) is 35.7 Å². The summed E-state index contributed by atoms with van der Waals surface area (Å²) in [6, 6.07) is 11.3. The maximum absolute atomic E-state index is 12.4. The molecule has 2 aromatic rings. The van der Waals surface area contributed by atoms with Gasteiger partial charge in [-0.3, -0.25) is 9.59 Å². The van der Waals surface area contributed by atoms with Crippen LogP contribution in [0.2, 0.25) is 0 Å². The van der Waals surface area contributed by atoms with Gasteiger partial charge in [-0.25, -0.2) is 0 Å². The second kappa shape index (κ2) is 5.15. The van der Waals surface area contributed by atoms with Gasteiger partial charge in [0.15, 0.2) is 0 Å². The predicted octanol–water partition coefficient (Wildman–Crippen LogP) is 3.20. The molecule has 0 saturated heterocycles. The molecular formula is C16H14BrNO3. The number of carboxylic acids is 1. The molecule has 108 valence electrons. The highest BCUT2D eigenvalue weighted by atomic mass is 79.9. The van der Waals surface area contributed by atoms with E-state index < -0.39 is 11.4 Å². The van der Waals surface area contributed by atoms with Crippen molar-refractivity contribution in [2.24, 2.45) is 5.41 Å². The fraction of sp³-hybridized carbons (Fsp3) is 0.250. The van der Waals surface area contributed by atoms with Crippen molar-refractivity contribution in [1.82, 2.24) is 5.32 Å². The smallest absolute Gasteiger partial charge is 0.311 e. The first-order chi connectivity index (χ1) is 10.0. The van der Waals surface area contributed by atoms with E-state index in [2.05, 4.69) is 21.2 Å². The minimum absolute atomic E-state index is 0.183. The van der Waals surface area contributed by atoms with Crippen LogP contribution in [0, 0.1) is 5.41 Å². The van der Waals surface area contributed by atoms with Crippen molar-refractivity contribution in [1.29, 1.82) is 0 Å². The van der Waals surface area contributed by atoms with Gasteiger partial charge < -0.3 is 10.4 Å². The van der Waals surface area contributed by atoms with Crippen molar-refractivity contribution in [3.63, 3.8) is 0 Å². The number of carbonyl (C=O) groups is 2. The number of carbonyl (C=O) groups excluding carboxylic acids is 1. The molecule has 2 aromatic carbocycles. The van der Waals surface area contributed by atoms with Gasteiger partial charge in [0, 0.05) is 16.6 Å². The maximum atomic E-state index is 12.4. The van der Waals surface area contributed by atoms with Gasteiger partial charge in [0.05, 0.1) is 5.41 Å². The molecule has 1 fully saturated rings. The molecule has 3 rings (SSSR count). The zero-order valence-corrected chi connectivity index (χ0v) is 12.8. The van der Waals surface area contributed by atoms with Crippen LogP contribution in [0.1, 0.15) is 23.2 Å². The van der Waals surface area contributed by atoms with E-state index in [9.17, 15) is 9.59 Å². The second-order valence-electron chi connectivity index (χ2n) is 5.44. The van der Waals surface area contributed by atoms with Crippen molar-refractivity contribution >= 4 is 38.6 Å². The fourth-order valence-corrected chi connectivity index (χ4v) is 2.90. The fourth-order valence-electron chi connectivity index (χ4n) is 2.42. The minimum atomic E-state index is -0.832. The van der Waals surface area contributed by atoms with Crippen molar-refractivity contribution in [2.75, 3.05) is 6.54 Å². The number of amides is 1. The quantitative estimate of drug-likeness (QED) is 0.892. The van der Waals surface area contributed by atoms with Crippen LogP contribution in [-0.2, 0) is 4.79 Å².